The Balaban J connectivity index is 1.66. The number of nitrogens with zero attached hydrogens (tertiary/aromatic N) is 2. The van der Waals surface area contributed by atoms with E-state index < -0.39 is 18.3 Å². The summed E-state index contributed by atoms with van der Waals surface area (Å²) in [6.07, 6.45) is 2.82. The second-order valence-electron chi connectivity index (χ2n) is 8.56. The van der Waals surface area contributed by atoms with Crippen LogP contribution in [0, 0.1) is 11.3 Å². The number of nitriles is 1. The molecule has 1 aromatic heterocycles. The van der Waals surface area contributed by atoms with E-state index in [1.807, 2.05) is 70.3 Å². The summed E-state index contributed by atoms with van der Waals surface area (Å²) in [5.41, 5.74) is 2.69. The number of benzene rings is 2. The van der Waals surface area contributed by atoms with E-state index in [1.54, 1.807) is 0 Å². The number of hydrogen-bond acceptors (Lipinski definition) is 3. The van der Waals surface area contributed by atoms with Gasteiger partial charge >= 0.3 is 7.12 Å². The molecule has 4 rings (SSSR count). The van der Waals surface area contributed by atoms with Gasteiger partial charge < -0.3 is 13.9 Å². The van der Waals surface area contributed by atoms with Crippen LogP contribution in [-0.4, -0.2) is 22.9 Å². The second kappa shape index (κ2) is 7.21. The molecule has 1 saturated heterocycles. The molecule has 148 valence electrons. The maximum atomic E-state index is 9.81. The van der Waals surface area contributed by atoms with Crippen LogP contribution < -0.4 is 5.46 Å². The van der Waals surface area contributed by atoms with Crippen molar-refractivity contribution in [1.29, 1.82) is 5.26 Å². The van der Waals surface area contributed by atoms with Gasteiger partial charge in [-0.05, 0) is 63.3 Å². The lowest BCUT2D eigenvalue weighted by Gasteiger charge is -2.32. The molecule has 3 aromatic rings. The van der Waals surface area contributed by atoms with E-state index in [-0.39, 0.29) is 0 Å². The molecule has 0 aliphatic carbocycles. The monoisotopic (exact) mass is 406 g/mol. The predicted molar refractivity (Wildman–Crippen MR) is 118 cm³/mol. The van der Waals surface area contributed by atoms with Gasteiger partial charge in [-0.3, -0.25) is 0 Å². The Bertz CT molecular complexity index is 1100. The van der Waals surface area contributed by atoms with E-state index >= 15 is 0 Å². The zero-order chi connectivity index (χ0) is 20.8. The Morgan fingerprint density at radius 3 is 2.41 bits per heavy atom. The third-order valence-electron chi connectivity index (χ3n) is 6.11. The molecule has 1 aliphatic rings. The van der Waals surface area contributed by atoms with Crippen LogP contribution in [0.25, 0.3) is 10.9 Å². The van der Waals surface area contributed by atoms with Gasteiger partial charge in [-0.2, -0.15) is 5.26 Å². The lowest BCUT2D eigenvalue weighted by molar-refractivity contribution is 0.00578. The molecule has 0 unspecified atom stereocenters. The number of rotatable bonds is 4. The molecule has 29 heavy (non-hydrogen) atoms. The molecule has 1 fully saturated rings. The number of aromatic nitrogens is 1. The fraction of sp³-hybridized carbons (Fsp3) is 0.348. The Morgan fingerprint density at radius 2 is 1.76 bits per heavy atom. The average molecular weight is 407 g/mol. The molecule has 0 bridgehead atoms. The Hall–Kier alpha value is -2.26. The highest BCUT2D eigenvalue weighted by Crippen LogP contribution is 2.36. The smallest absolute Gasteiger partial charge is 0.399 e. The lowest BCUT2D eigenvalue weighted by atomic mass is 9.78. The molecule has 0 atom stereocenters. The summed E-state index contributed by atoms with van der Waals surface area (Å²) in [6, 6.07) is 16.2. The van der Waals surface area contributed by atoms with E-state index in [1.165, 1.54) is 0 Å². The van der Waals surface area contributed by atoms with E-state index in [9.17, 15) is 5.26 Å². The quantitative estimate of drug-likeness (QED) is 0.590. The zero-order valence-corrected chi connectivity index (χ0v) is 18.0. The Kier molecular flexibility index (Phi) is 4.98. The first-order valence-electron chi connectivity index (χ1n) is 9.84. The lowest BCUT2D eigenvalue weighted by Crippen LogP contribution is -2.41. The molecule has 0 N–H and O–H groups in total. The van der Waals surface area contributed by atoms with Crippen molar-refractivity contribution < 1.29 is 9.31 Å². The van der Waals surface area contributed by atoms with E-state index in [4.69, 9.17) is 20.9 Å². The Labute approximate surface area is 177 Å². The topological polar surface area (TPSA) is 47.2 Å². The number of aryl methyl sites for hydroxylation is 2. The maximum absolute atomic E-state index is 9.81. The summed E-state index contributed by atoms with van der Waals surface area (Å²) < 4.78 is 14.5. The van der Waals surface area contributed by atoms with Gasteiger partial charge in [0.15, 0.2) is 0 Å². The van der Waals surface area contributed by atoms with Crippen LogP contribution in [0.3, 0.4) is 0 Å². The van der Waals surface area contributed by atoms with Gasteiger partial charge in [0.05, 0.1) is 22.3 Å². The molecule has 0 amide bonds. The van der Waals surface area contributed by atoms with Crippen LogP contribution in [0.4, 0.5) is 0 Å². The minimum atomic E-state index is -0.483. The van der Waals surface area contributed by atoms with Gasteiger partial charge in [0.1, 0.15) is 6.07 Å². The molecule has 1 aliphatic heterocycles. The first-order chi connectivity index (χ1) is 13.7. The molecular formula is C23H24BClN2O2. The van der Waals surface area contributed by atoms with Crippen LogP contribution in [0.1, 0.15) is 38.8 Å². The molecule has 0 spiro atoms. The van der Waals surface area contributed by atoms with Crippen LogP contribution in [0.5, 0.6) is 0 Å². The van der Waals surface area contributed by atoms with Gasteiger partial charge in [-0.1, -0.05) is 35.9 Å². The van der Waals surface area contributed by atoms with Gasteiger partial charge in [-0.15, -0.1) is 0 Å². The highest BCUT2D eigenvalue weighted by atomic mass is 35.5. The van der Waals surface area contributed by atoms with Gasteiger partial charge in [0.2, 0.25) is 0 Å². The first-order valence-corrected chi connectivity index (χ1v) is 10.2. The fourth-order valence-corrected chi connectivity index (χ4v) is 3.93. The van der Waals surface area contributed by atoms with Gasteiger partial charge in [0, 0.05) is 23.2 Å². The molecular weight excluding hydrogens is 383 g/mol. The Morgan fingerprint density at radius 1 is 1.07 bits per heavy atom. The van der Waals surface area contributed by atoms with Gasteiger partial charge in [0.25, 0.3) is 0 Å². The average Bonchev–Trinajstić information content (AvgIpc) is 3.17. The molecule has 2 heterocycles. The van der Waals surface area contributed by atoms with E-state index in [0.717, 1.165) is 39.9 Å². The summed E-state index contributed by atoms with van der Waals surface area (Å²) in [4.78, 5) is 0. The molecule has 0 radical (unpaired) electrons. The van der Waals surface area contributed by atoms with Gasteiger partial charge in [-0.25, -0.2) is 0 Å². The van der Waals surface area contributed by atoms with Crippen molar-refractivity contribution in [2.24, 2.45) is 0 Å². The van der Waals surface area contributed by atoms with Crippen LogP contribution in [0.15, 0.2) is 48.7 Å². The summed E-state index contributed by atoms with van der Waals surface area (Å²) >= 11 is 6.29. The summed E-state index contributed by atoms with van der Waals surface area (Å²) in [7, 11) is -0.483. The van der Waals surface area contributed by atoms with Crippen molar-refractivity contribution in [3.05, 3.63) is 64.8 Å². The van der Waals surface area contributed by atoms with Crippen LogP contribution in [0.2, 0.25) is 5.02 Å². The van der Waals surface area contributed by atoms with Crippen molar-refractivity contribution in [3.8, 4) is 6.07 Å². The summed E-state index contributed by atoms with van der Waals surface area (Å²) in [5.74, 6) is 0. The van der Waals surface area contributed by atoms with Crippen molar-refractivity contribution in [2.75, 3.05) is 0 Å². The minimum Gasteiger partial charge on any atom is -0.399 e. The summed E-state index contributed by atoms with van der Waals surface area (Å²) in [6.45, 7) is 8.87. The van der Waals surface area contributed by atoms with Crippen LogP contribution in [-0.2, 0) is 22.3 Å². The third-order valence-corrected chi connectivity index (χ3v) is 6.48. The highest BCUT2D eigenvalue weighted by molar-refractivity contribution is 6.62. The molecule has 0 saturated carbocycles. The molecule has 2 aromatic carbocycles. The standard InChI is InChI=1S/C23H24BClN2O2/c1-22(2)23(3,4)29-24(28-22)19-13-17-10-12-27(21(17)18(14-19)15-26)11-9-16-7-5-6-8-20(16)25/h5-8,10,12-14H,9,11H2,1-4H3. The first kappa shape index (κ1) is 20.0. The number of halogens is 1. The third kappa shape index (κ3) is 3.57. The van der Waals surface area contributed by atoms with Crippen LogP contribution >= 0.6 is 11.6 Å². The largest absolute Gasteiger partial charge is 0.494 e. The number of hydrogen-bond donors (Lipinski definition) is 0. The second-order valence-corrected chi connectivity index (χ2v) is 8.96. The van der Waals surface area contributed by atoms with E-state index in [2.05, 4.69) is 16.7 Å². The van der Waals surface area contributed by atoms with E-state index in [0.29, 0.717) is 5.56 Å². The molecule has 6 heteroatoms. The fourth-order valence-electron chi connectivity index (χ4n) is 3.70. The predicted octanol–water partition coefficient (Wildman–Crippen LogP) is 4.71. The maximum Gasteiger partial charge on any atom is 0.494 e. The zero-order valence-electron chi connectivity index (χ0n) is 17.2. The minimum absolute atomic E-state index is 0.416. The van der Waals surface area contributed by atoms with Crippen molar-refractivity contribution in [3.63, 3.8) is 0 Å². The number of fused-ring (bicyclic) bond motifs is 1. The van der Waals surface area contributed by atoms with Crippen molar-refractivity contribution in [2.45, 2.75) is 51.9 Å². The molecule has 4 nitrogen and oxygen atoms in total. The SMILES string of the molecule is CC1(C)OB(c2cc(C#N)c3c(ccn3CCc3ccccc3Cl)c2)OC1(C)C. The van der Waals surface area contributed by atoms with Crippen molar-refractivity contribution >= 4 is 35.1 Å². The van der Waals surface area contributed by atoms with Crippen molar-refractivity contribution in [1.82, 2.24) is 4.57 Å². The summed E-state index contributed by atoms with van der Waals surface area (Å²) in [5, 5.41) is 11.6. The normalized spacial score (nSPS) is 17.6. The highest BCUT2D eigenvalue weighted by Gasteiger charge is 2.51.